The fourth-order valence-electron chi connectivity index (χ4n) is 3.03. The van der Waals surface area contributed by atoms with Gasteiger partial charge in [-0.3, -0.25) is 0 Å². The molecular formula is C14H26F2. The third kappa shape index (κ3) is 2.95. The molecule has 2 heteroatoms. The summed E-state index contributed by atoms with van der Waals surface area (Å²) >= 11 is 0. The van der Waals surface area contributed by atoms with E-state index in [1.807, 2.05) is 0 Å². The lowest BCUT2D eigenvalue weighted by molar-refractivity contribution is -0.159. The molecule has 0 nitrogen and oxygen atoms in total. The summed E-state index contributed by atoms with van der Waals surface area (Å²) in [6.45, 7) is 4.18. The van der Waals surface area contributed by atoms with E-state index in [4.69, 9.17) is 0 Å². The summed E-state index contributed by atoms with van der Waals surface area (Å²) in [6, 6.07) is 0. The predicted octanol–water partition coefficient (Wildman–Crippen LogP) is 5.56. The van der Waals surface area contributed by atoms with Gasteiger partial charge in [0.05, 0.1) is 0 Å². The Hall–Kier alpha value is -0.140. The van der Waals surface area contributed by atoms with E-state index in [9.17, 15) is 8.78 Å². The highest BCUT2D eigenvalue weighted by molar-refractivity contribution is 4.95. The van der Waals surface area contributed by atoms with Crippen LogP contribution in [0.15, 0.2) is 0 Å². The molecule has 0 atom stereocenters. The van der Waals surface area contributed by atoms with Crippen molar-refractivity contribution < 1.29 is 8.78 Å². The molecule has 0 spiro atoms. The minimum absolute atomic E-state index is 0.125. The van der Waals surface area contributed by atoms with Gasteiger partial charge >= 0.3 is 0 Å². The first-order valence-corrected chi connectivity index (χ1v) is 6.96. The molecular weight excluding hydrogens is 206 g/mol. The number of unbranched alkanes of at least 4 members (excludes halogenated alkanes) is 2. The van der Waals surface area contributed by atoms with Crippen LogP contribution in [-0.4, -0.2) is 5.92 Å². The molecule has 1 rings (SSSR count). The highest BCUT2D eigenvalue weighted by Gasteiger charge is 2.52. The monoisotopic (exact) mass is 232 g/mol. The molecule has 0 bridgehead atoms. The summed E-state index contributed by atoms with van der Waals surface area (Å²) < 4.78 is 28.3. The van der Waals surface area contributed by atoms with Gasteiger partial charge in [0.1, 0.15) is 0 Å². The van der Waals surface area contributed by atoms with Crippen molar-refractivity contribution in [1.29, 1.82) is 0 Å². The van der Waals surface area contributed by atoms with Crippen LogP contribution in [0.1, 0.15) is 78.1 Å². The second-order valence-electron chi connectivity index (χ2n) is 5.40. The van der Waals surface area contributed by atoms with Gasteiger partial charge in [-0.05, 0) is 25.7 Å². The zero-order chi connectivity index (χ0) is 12.1. The summed E-state index contributed by atoms with van der Waals surface area (Å²) in [6.07, 6.45) is 8.04. The van der Waals surface area contributed by atoms with Gasteiger partial charge in [0.25, 0.3) is 5.92 Å². The summed E-state index contributed by atoms with van der Waals surface area (Å²) in [5.74, 6) is -2.41. The van der Waals surface area contributed by atoms with Gasteiger partial charge in [-0.15, -0.1) is 0 Å². The van der Waals surface area contributed by atoms with E-state index in [0.717, 1.165) is 51.4 Å². The van der Waals surface area contributed by atoms with Gasteiger partial charge in [0.15, 0.2) is 0 Å². The zero-order valence-corrected chi connectivity index (χ0v) is 10.8. The number of alkyl halides is 2. The molecule has 0 saturated heterocycles. The van der Waals surface area contributed by atoms with Crippen molar-refractivity contribution in [3.8, 4) is 0 Å². The van der Waals surface area contributed by atoms with Crippen LogP contribution in [0.4, 0.5) is 8.78 Å². The van der Waals surface area contributed by atoms with Crippen molar-refractivity contribution in [1.82, 2.24) is 0 Å². The van der Waals surface area contributed by atoms with Crippen molar-refractivity contribution in [2.75, 3.05) is 0 Å². The Morgan fingerprint density at radius 1 is 0.875 bits per heavy atom. The molecule has 1 aliphatic carbocycles. The van der Waals surface area contributed by atoms with E-state index in [-0.39, 0.29) is 6.42 Å². The first kappa shape index (κ1) is 13.9. The largest absolute Gasteiger partial charge is 0.253 e. The SMILES string of the molecule is CCCCC1(CCCC)CCCCC1(F)F. The fraction of sp³-hybridized carbons (Fsp3) is 1.00. The molecule has 96 valence electrons. The molecule has 1 saturated carbocycles. The normalized spacial score (nSPS) is 23.2. The van der Waals surface area contributed by atoms with Crippen molar-refractivity contribution in [3.63, 3.8) is 0 Å². The van der Waals surface area contributed by atoms with Gasteiger partial charge in [-0.1, -0.05) is 46.0 Å². The molecule has 0 aromatic heterocycles. The van der Waals surface area contributed by atoms with Gasteiger partial charge in [0, 0.05) is 11.8 Å². The smallest absolute Gasteiger partial charge is 0.206 e. The standard InChI is InChI=1S/C14H26F2/c1-3-5-9-13(10-6-4-2)11-7-8-12-14(13,15)16/h3-12H2,1-2H3. The zero-order valence-electron chi connectivity index (χ0n) is 10.8. The summed E-state index contributed by atoms with van der Waals surface area (Å²) in [4.78, 5) is 0. The molecule has 16 heavy (non-hydrogen) atoms. The Balaban J connectivity index is 2.73. The number of halogens is 2. The molecule has 0 aromatic carbocycles. The van der Waals surface area contributed by atoms with Gasteiger partial charge < -0.3 is 0 Å². The fourth-order valence-corrected chi connectivity index (χ4v) is 3.03. The Bertz CT molecular complexity index is 191. The average Bonchev–Trinajstić information content (AvgIpc) is 2.26. The average molecular weight is 232 g/mol. The van der Waals surface area contributed by atoms with Crippen molar-refractivity contribution >= 4 is 0 Å². The number of rotatable bonds is 6. The maximum Gasteiger partial charge on any atom is 0.253 e. The maximum atomic E-state index is 14.2. The Labute approximate surface area is 98.8 Å². The molecule has 1 aliphatic rings. The minimum Gasteiger partial charge on any atom is -0.206 e. The van der Waals surface area contributed by atoms with Crippen LogP contribution in [0.5, 0.6) is 0 Å². The Kier molecular flexibility index (Phi) is 5.20. The lowest BCUT2D eigenvalue weighted by Crippen LogP contribution is -2.44. The molecule has 0 aromatic rings. The lowest BCUT2D eigenvalue weighted by Gasteiger charge is -2.44. The highest BCUT2D eigenvalue weighted by Crippen LogP contribution is 2.54. The van der Waals surface area contributed by atoms with E-state index in [2.05, 4.69) is 13.8 Å². The van der Waals surface area contributed by atoms with E-state index in [0.29, 0.717) is 6.42 Å². The molecule has 0 aliphatic heterocycles. The Morgan fingerprint density at radius 2 is 1.38 bits per heavy atom. The Morgan fingerprint density at radius 3 is 1.81 bits per heavy atom. The topological polar surface area (TPSA) is 0 Å². The third-order valence-electron chi connectivity index (χ3n) is 4.19. The molecule has 0 N–H and O–H groups in total. The van der Waals surface area contributed by atoms with Crippen LogP contribution >= 0.6 is 0 Å². The molecule has 1 fully saturated rings. The van der Waals surface area contributed by atoms with Crippen LogP contribution in [0.3, 0.4) is 0 Å². The quantitative estimate of drug-likeness (QED) is 0.562. The van der Waals surface area contributed by atoms with Crippen molar-refractivity contribution in [2.45, 2.75) is 84.0 Å². The van der Waals surface area contributed by atoms with Crippen LogP contribution in [0.2, 0.25) is 0 Å². The first-order chi connectivity index (χ1) is 7.58. The number of hydrogen-bond donors (Lipinski definition) is 0. The van der Waals surface area contributed by atoms with Crippen LogP contribution in [0.25, 0.3) is 0 Å². The van der Waals surface area contributed by atoms with E-state index in [1.165, 1.54) is 0 Å². The van der Waals surface area contributed by atoms with E-state index in [1.54, 1.807) is 0 Å². The van der Waals surface area contributed by atoms with Crippen LogP contribution in [0, 0.1) is 5.41 Å². The van der Waals surface area contributed by atoms with Crippen LogP contribution in [-0.2, 0) is 0 Å². The third-order valence-corrected chi connectivity index (χ3v) is 4.19. The van der Waals surface area contributed by atoms with Crippen LogP contribution < -0.4 is 0 Å². The lowest BCUT2D eigenvalue weighted by atomic mass is 9.65. The highest BCUT2D eigenvalue weighted by atomic mass is 19.3. The van der Waals surface area contributed by atoms with Gasteiger partial charge in [-0.25, -0.2) is 8.78 Å². The maximum absolute atomic E-state index is 14.2. The first-order valence-electron chi connectivity index (χ1n) is 6.96. The van der Waals surface area contributed by atoms with Gasteiger partial charge in [0.2, 0.25) is 0 Å². The summed E-state index contributed by atoms with van der Waals surface area (Å²) in [5, 5.41) is 0. The van der Waals surface area contributed by atoms with Gasteiger partial charge in [-0.2, -0.15) is 0 Å². The molecule has 0 radical (unpaired) electrons. The van der Waals surface area contributed by atoms with Crippen molar-refractivity contribution in [2.24, 2.45) is 5.41 Å². The van der Waals surface area contributed by atoms with E-state index >= 15 is 0 Å². The predicted molar refractivity (Wildman–Crippen MR) is 64.9 cm³/mol. The summed E-state index contributed by atoms with van der Waals surface area (Å²) in [5.41, 5.74) is -0.655. The molecule has 0 amide bonds. The van der Waals surface area contributed by atoms with Crippen molar-refractivity contribution in [3.05, 3.63) is 0 Å². The second kappa shape index (κ2) is 5.97. The molecule has 0 unspecified atom stereocenters. The minimum atomic E-state index is -2.41. The second-order valence-corrected chi connectivity index (χ2v) is 5.40. The molecule has 0 heterocycles. The number of hydrogen-bond acceptors (Lipinski definition) is 0. The summed E-state index contributed by atoms with van der Waals surface area (Å²) in [7, 11) is 0. The van der Waals surface area contributed by atoms with E-state index < -0.39 is 11.3 Å².